The van der Waals surface area contributed by atoms with Crippen LogP contribution in [0.1, 0.15) is 50.7 Å². The van der Waals surface area contributed by atoms with E-state index in [9.17, 15) is 9.59 Å². The zero-order valence-electron chi connectivity index (χ0n) is 19.8. The van der Waals surface area contributed by atoms with Gasteiger partial charge in [-0.15, -0.1) is 0 Å². The molecular formula is C24H29N5O4. The first-order chi connectivity index (χ1) is 15.7. The Kier molecular flexibility index (Phi) is 6.42. The van der Waals surface area contributed by atoms with Gasteiger partial charge in [-0.3, -0.25) is 14.5 Å². The summed E-state index contributed by atoms with van der Waals surface area (Å²) in [5, 5.41) is 8.02. The van der Waals surface area contributed by atoms with Crippen LogP contribution in [0.3, 0.4) is 0 Å². The minimum Gasteiger partial charge on any atom is -0.361 e. The Morgan fingerprint density at radius 1 is 0.939 bits per heavy atom. The molecule has 4 rings (SSSR count). The third-order valence-corrected chi connectivity index (χ3v) is 6.05. The predicted octanol–water partition coefficient (Wildman–Crippen LogP) is 3.18. The molecule has 1 saturated heterocycles. The van der Waals surface area contributed by atoms with Crippen LogP contribution in [-0.2, 0) is 11.3 Å². The lowest BCUT2D eigenvalue weighted by Crippen LogP contribution is -2.39. The van der Waals surface area contributed by atoms with Gasteiger partial charge in [0.15, 0.2) is 5.82 Å². The fourth-order valence-electron chi connectivity index (χ4n) is 4.53. The molecule has 0 unspecified atom stereocenters. The van der Waals surface area contributed by atoms with Crippen molar-refractivity contribution < 1.29 is 18.6 Å². The Hall–Kier alpha value is -3.33. The number of carbonyl (C=O) groups excluding carboxylic acids is 2. The van der Waals surface area contributed by atoms with Crippen LogP contribution in [0.4, 0.5) is 0 Å². The Balaban J connectivity index is 1.40. The largest absolute Gasteiger partial charge is 0.361 e. The van der Waals surface area contributed by atoms with Crippen LogP contribution in [-0.4, -0.2) is 63.0 Å². The number of benzene rings is 1. The van der Waals surface area contributed by atoms with Gasteiger partial charge in [-0.05, 0) is 52.2 Å². The topological polar surface area (TPSA) is 106 Å². The molecule has 2 aromatic heterocycles. The van der Waals surface area contributed by atoms with E-state index in [0.29, 0.717) is 54.9 Å². The number of hydrogen-bond donors (Lipinski definition) is 0. The molecule has 1 aliphatic rings. The molecule has 1 aromatic carbocycles. The van der Waals surface area contributed by atoms with E-state index in [2.05, 4.69) is 20.2 Å². The lowest BCUT2D eigenvalue weighted by molar-refractivity contribution is -0.126. The number of aromatic nitrogens is 3. The number of hydrogen-bond acceptors (Lipinski definition) is 8. The van der Waals surface area contributed by atoms with E-state index in [1.807, 2.05) is 39.8 Å². The minimum atomic E-state index is -0.438. The van der Waals surface area contributed by atoms with Crippen LogP contribution in [0.15, 0.2) is 21.2 Å². The Morgan fingerprint density at radius 3 is 2.33 bits per heavy atom. The van der Waals surface area contributed by atoms with E-state index in [1.54, 1.807) is 11.8 Å². The molecule has 0 atom stereocenters. The Bertz CT molecular complexity index is 1150. The van der Waals surface area contributed by atoms with Crippen LogP contribution in [0, 0.1) is 34.6 Å². The second kappa shape index (κ2) is 9.27. The molecule has 174 valence electrons. The molecule has 3 heterocycles. The average Bonchev–Trinajstić information content (AvgIpc) is 3.25. The quantitative estimate of drug-likeness (QED) is 0.430. The summed E-state index contributed by atoms with van der Waals surface area (Å²) in [5.74, 6) is 0.720. The molecule has 0 saturated carbocycles. The van der Waals surface area contributed by atoms with E-state index in [4.69, 9.17) is 9.05 Å². The van der Waals surface area contributed by atoms with Crippen molar-refractivity contribution >= 4 is 11.7 Å². The van der Waals surface area contributed by atoms with Crippen molar-refractivity contribution in [1.29, 1.82) is 0 Å². The molecule has 3 aromatic rings. The molecule has 1 fully saturated rings. The van der Waals surface area contributed by atoms with Gasteiger partial charge < -0.3 is 13.9 Å². The molecule has 9 heteroatoms. The van der Waals surface area contributed by atoms with Crippen LogP contribution in [0.25, 0.3) is 11.5 Å². The first-order valence-electron chi connectivity index (χ1n) is 11.1. The molecule has 1 aliphatic heterocycles. The van der Waals surface area contributed by atoms with Crippen molar-refractivity contribution in [3.63, 3.8) is 0 Å². The van der Waals surface area contributed by atoms with Crippen molar-refractivity contribution in [3.05, 3.63) is 51.7 Å². The highest BCUT2D eigenvalue weighted by Crippen LogP contribution is 2.25. The zero-order chi connectivity index (χ0) is 23.7. The molecule has 0 spiro atoms. The highest BCUT2D eigenvalue weighted by atomic mass is 16.5. The van der Waals surface area contributed by atoms with Gasteiger partial charge in [-0.25, -0.2) is 0 Å². The van der Waals surface area contributed by atoms with Crippen molar-refractivity contribution in [2.45, 2.75) is 47.6 Å². The van der Waals surface area contributed by atoms with Crippen molar-refractivity contribution in [1.82, 2.24) is 25.1 Å². The summed E-state index contributed by atoms with van der Waals surface area (Å²) in [6.07, 6.45) is 0.763. The number of amides is 1. The van der Waals surface area contributed by atoms with Crippen molar-refractivity contribution in [2.24, 2.45) is 0 Å². The van der Waals surface area contributed by atoms with Crippen LogP contribution in [0.5, 0.6) is 0 Å². The van der Waals surface area contributed by atoms with Crippen LogP contribution < -0.4 is 0 Å². The van der Waals surface area contributed by atoms with Gasteiger partial charge in [-0.1, -0.05) is 28.0 Å². The summed E-state index contributed by atoms with van der Waals surface area (Å²) in [4.78, 5) is 34.3. The minimum absolute atomic E-state index is 0.391. The summed E-state index contributed by atoms with van der Waals surface area (Å²) >= 11 is 0. The number of nitrogens with zero attached hydrogens (tertiary/aromatic N) is 5. The van der Waals surface area contributed by atoms with Crippen LogP contribution >= 0.6 is 0 Å². The molecule has 1 amide bonds. The Morgan fingerprint density at radius 2 is 1.67 bits per heavy atom. The summed E-state index contributed by atoms with van der Waals surface area (Å²) in [6.45, 7) is 12.3. The van der Waals surface area contributed by atoms with Gasteiger partial charge in [0.25, 0.3) is 17.6 Å². The number of Topliss-reactive ketones (excluding diaryl/α,β-unsaturated/α-hetero) is 1. The third kappa shape index (κ3) is 4.73. The molecule has 0 bridgehead atoms. The normalized spacial score (nSPS) is 15.0. The highest BCUT2D eigenvalue weighted by Gasteiger charge is 2.28. The van der Waals surface area contributed by atoms with Gasteiger partial charge >= 0.3 is 0 Å². The number of carbonyl (C=O) groups is 2. The van der Waals surface area contributed by atoms with Gasteiger partial charge in [0.1, 0.15) is 11.3 Å². The standard InChI is InChI=1S/C24H29N5O4/c1-14-11-15(2)20(16(3)12-14)22(30)24(31)29-8-6-7-28(9-10-29)13-19-25-23(33-27-19)21-17(4)26-32-18(21)5/h11-12H,6-10,13H2,1-5H3. The second-order valence-electron chi connectivity index (χ2n) is 8.74. The zero-order valence-corrected chi connectivity index (χ0v) is 19.8. The SMILES string of the molecule is Cc1cc(C)c(C(=O)C(=O)N2CCCN(Cc3noc(-c4c(C)noc4C)n3)CC2)c(C)c1. The number of aryl methyl sites for hydroxylation is 5. The van der Waals surface area contributed by atoms with E-state index < -0.39 is 11.7 Å². The average molecular weight is 452 g/mol. The summed E-state index contributed by atoms with van der Waals surface area (Å²) in [5.41, 5.74) is 4.71. The van der Waals surface area contributed by atoms with E-state index in [1.165, 1.54) is 0 Å². The van der Waals surface area contributed by atoms with Gasteiger partial charge in [-0.2, -0.15) is 4.98 Å². The third-order valence-electron chi connectivity index (χ3n) is 6.05. The molecule has 0 aliphatic carbocycles. The summed E-state index contributed by atoms with van der Waals surface area (Å²) < 4.78 is 10.6. The molecule has 0 radical (unpaired) electrons. The first kappa shape index (κ1) is 22.8. The fraction of sp³-hybridized carbons (Fsp3) is 0.458. The Labute approximate surface area is 192 Å². The van der Waals surface area contributed by atoms with Crippen molar-refractivity contribution in [3.8, 4) is 11.5 Å². The second-order valence-corrected chi connectivity index (χ2v) is 8.74. The lowest BCUT2D eigenvalue weighted by atomic mass is 9.96. The van der Waals surface area contributed by atoms with Gasteiger partial charge in [0.2, 0.25) is 0 Å². The van der Waals surface area contributed by atoms with E-state index >= 15 is 0 Å². The van der Waals surface area contributed by atoms with E-state index in [-0.39, 0.29) is 0 Å². The summed E-state index contributed by atoms with van der Waals surface area (Å²) in [6, 6.07) is 3.89. The van der Waals surface area contributed by atoms with Gasteiger partial charge in [0, 0.05) is 31.7 Å². The number of ketones is 1. The maximum Gasteiger partial charge on any atom is 0.295 e. The fourth-order valence-corrected chi connectivity index (χ4v) is 4.53. The number of rotatable bonds is 5. The maximum atomic E-state index is 13.0. The molecule has 9 nitrogen and oxygen atoms in total. The first-order valence-corrected chi connectivity index (χ1v) is 11.1. The molecule has 0 N–H and O–H groups in total. The monoisotopic (exact) mass is 451 g/mol. The molecule has 33 heavy (non-hydrogen) atoms. The summed E-state index contributed by atoms with van der Waals surface area (Å²) in [7, 11) is 0. The van der Waals surface area contributed by atoms with Crippen molar-refractivity contribution in [2.75, 3.05) is 26.2 Å². The lowest BCUT2D eigenvalue weighted by Gasteiger charge is -2.21. The van der Waals surface area contributed by atoms with Gasteiger partial charge in [0.05, 0.1) is 12.2 Å². The molecular weight excluding hydrogens is 422 g/mol. The smallest absolute Gasteiger partial charge is 0.295 e. The predicted molar refractivity (Wildman–Crippen MR) is 121 cm³/mol. The highest BCUT2D eigenvalue weighted by molar-refractivity contribution is 6.43. The van der Waals surface area contributed by atoms with Crippen LogP contribution in [0.2, 0.25) is 0 Å². The maximum absolute atomic E-state index is 13.0. The van der Waals surface area contributed by atoms with E-state index in [0.717, 1.165) is 35.2 Å².